The Morgan fingerprint density at radius 1 is 1.24 bits per heavy atom. The zero-order valence-electron chi connectivity index (χ0n) is 11.2. The van der Waals surface area contributed by atoms with Gasteiger partial charge in [-0.2, -0.15) is 0 Å². The van der Waals surface area contributed by atoms with Crippen LogP contribution in [0.15, 0.2) is 57.4 Å². The summed E-state index contributed by atoms with van der Waals surface area (Å²) in [5.41, 5.74) is 0.0915. The molecule has 2 aromatic rings. The van der Waals surface area contributed by atoms with E-state index < -0.39 is 15.8 Å². The fraction of sp³-hybridized carbons (Fsp3) is 0.143. The van der Waals surface area contributed by atoms with Crippen molar-refractivity contribution in [1.29, 1.82) is 0 Å². The molecule has 0 aliphatic heterocycles. The molecular formula is C14H13NO4S2. The van der Waals surface area contributed by atoms with Gasteiger partial charge >= 0.3 is 5.97 Å². The molecule has 21 heavy (non-hydrogen) atoms. The molecule has 0 saturated heterocycles. The molecule has 110 valence electrons. The van der Waals surface area contributed by atoms with Crippen LogP contribution in [0.4, 0.5) is 0 Å². The monoisotopic (exact) mass is 323 g/mol. The van der Waals surface area contributed by atoms with Crippen LogP contribution >= 0.6 is 11.8 Å². The Balaban J connectivity index is 2.34. The first-order chi connectivity index (χ1) is 9.94. The van der Waals surface area contributed by atoms with Crippen LogP contribution in [0.5, 0.6) is 0 Å². The van der Waals surface area contributed by atoms with Gasteiger partial charge in [-0.25, -0.2) is 18.2 Å². The van der Waals surface area contributed by atoms with Crippen LogP contribution in [0.3, 0.4) is 0 Å². The zero-order valence-corrected chi connectivity index (χ0v) is 12.8. The molecule has 0 spiro atoms. The van der Waals surface area contributed by atoms with Gasteiger partial charge < -0.3 is 5.11 Å². The second-order valence-electron chi connectivity index (χ2n) is 4.14. The van der Waals surface area contributed by atoms with Crippen molar-refractivity contribution in [1.82, 2.24) is 4.98 Å². The largest absolute Gasteiger partial charge is 0.478 e. The van der Waals surface area contributed by atoms with Gasteiger partial charge in [0.1, 0.15) is 5.03 Å². The minimum Gasteiger partial charge on any atom is -0.478 e. The summed E-state index contributed by atoms with van der Waals surface area (Å²) in [4.78, 5) is 15.6. The second-order valence-corrected chi connectivity index (χ2v) is 7.45. The molecule has 1 heterocycles. The molecule has 0 atom stereocenters. The van der Waals surface area contributed by atoms with Crippen LogP contribution in [0.2, 0.25) is 0 Å². The number of aromatic nitrogens is 1. The van der Waals surface area contributed by atoms with Gasteiger partial charge in [0.15, 0.2) is 9.84 Å². The Kier molecular flexibility index (Phi) is 4.64. The number of hydrogen-bond acceptors (Lipinski definition) is 5. The lowest BCUT2D eigenvalue weighted by Gasteiger charge is -2.08. The molecule has 5 nitrogen and oxygen atoms in total. The van der Waals surface area contributed by atoms with Gasteiger partial charge in [0.2, 0.25) is 0 Å². The molecule has 0 unspecified atom stereocenters. The van der Waals surface area contributed by atoms with Gasteiger partial charge in [-0.05, 0) is 24.3 Å². The second kappa shape index (κ2) is 6.28. The highest BCUT2D eigenvalue weighted by Crippen LogP contribution is 2.32. The van der Waals surface area contributed by atoms with Crippen molar-refractivity contribution < 1.29 is 18.3 Å². The SMILES string of the molecule is CCS(=O)(=O)c1ccccc1Sc1ccc(C(=O)O)cn1. The number of nitrogens with zero attached hydrogens (tertiary/aromatic N) is 1. The third-order valence-electron chi connectivity index (χ3n) is 2.76. The van der Waals surface area contributed by atoms with E-state index in [9.17, 15) is 13.2 Å². The van der Waals surface area contributed by atoms with Crippen molar-refractivity contribution in [2.24, 2.45) is 0 Å². The van der Waals surface area contributed by atoms with E-state index in [1.807, 2.05) is 0 Å². The quantitative estimate of drug-likeness (QED) is 0.911. The van der Waals surface area contributed by atoms with Crippen LogP contribution < -0.4 is 0 Å². The molecule has 2 rings (SSSR count). The standard InChI is InChI=1S/C14H13NO4S2/c1-2-21(18,19)12-6-4-3-5-11(12)20-13-8-7-10(9-15-13)14(16)17/h3-9H,2H2,1H3,(H,16,17). The molecule has 0 aliphatic carbocycles. The average Bonchev–Trinajstić information content (AvgIpc) is 2.48. The maximum atomic E-state index is 12.0. The molecular weight excluding hydrogens is 310 g/mol. The molecule has 1 N–H and O–H groups in total. The highest BCUT2D eigenvalue weighted by Gasteiger charge is 2.17. The summed E-state index contributed by atoms with van der Waals surface area (Å²) in [7, 11) is -3.31. The number of aromatic carboxylic acids is 1. The third kappa shape index (κ3) is 3.62. The fourth-order valence-electron chi connectivity index (χ4n) is 1.63. The number of carboxylic acid groups (broad SMARTS) is 1. The molecule has 1 aromatic carbocycles. The third-order valence-corrected chi connectivity index (χ3v) is 5.70. The predicted octanol–water partition coefficient (Wildman–Crippen LogP) is 2.72. The van der Waals surface area contributed by atoms with Crippen molar-refractivity contribution in [3.05, 3.63) is 48.2 Å². The Morgan fingerprint density at radius 2 is 1.95 bits per heavy atom. The van der Waals surface area contributed by atoms with Crippen LogP contribution in [0, 0.1) is 0 Å². The van der Waals surface area contributed by atoms with Gasteiger partial charge in [0, 0.05) is 11.1 Å². The topological polar surface area (TPSA) is 84.3 Å². The summed E-state index contributed by atoms with van der Waals surface area (Å²) in [5.74, 6) is -1.02. The minimum atomic E-state index is -3.31. The number of benzene rings is 1. The first-order valence-electron chi connectivity index (χ1n) is 6.13. The van der Waals surface area contributed by atoms with Crippen molar-refractivity contribution >= 4 is 27.6 Å². The summed E-state index contributed by atoms with van der Waals surface area (Å²) < 4.78 is 24.1. The lowest BCUT2D eigenvalue weighted by atomic mass is 10.3. The number of carboxylic acids is 1. The average molecular weight is 323 g/mol. The Hall–Kier alpha value is -1.86. The Bertz CT molecular complexity index is 755. The van der Waals surface area contributed by atoms with Crippen LogP contribution in [0.1, 0.15) is 17.3 Å². The number of carbonyl (C=O) groups is 1. The molecule has 0 bridgehead atoms. The van der Waals surface area contributed by atoms with E-state index in [1.54, 1.807) is 37.3 Å². The lowest BCUT2D eigenvalue weighted by Crippen LogP contribution is -2.05. The number of sulfone groups is 1. The van der Waals surface area contributed by atoms with Crippen molar-refractivity contribution in [2.75, 3.05) is 5.75 Å². The van der Waals surface area contributed by atoms with Crippen molar-refractivity contribution in [3.63, 3.8) is 0 Å². The summed E-state index contributed by atoms with van der Waals surface area (Å²) in [6.07, 6.45) is 1.25. The fourth-order valence-corrected chi connectivity index (χ4v) is 3.89. The molecule has 7 heteroatoms. The van der Waals surface area contributed by atoms with Gasteiger partial charge in [-0.3, -0.25) is 0 Å². The van der Waals surface area contributed by atoms with E-state index in [0.29, 0.717) is 9.92 Å². The number of rotatable bonds is 5. The zero-order chi connectivity index (χ0) is 15.5. The normalized spacial score (nSPS) is 11.3. The van der Waals surface area contributed by atoms with Gasteiger partial charge in [-0.1, -0.05) is 30.8 Å². The number of pyridine rings is 1. The maximum absolute atomic E-state index is 12.0. The number of hydrogen-bond donors (Lipinski definition) is 1. The molecule has 0 amide bonds. The highest BCUT2D eigenvalue weighted by molar-refractivity contribution is 8.00. The molecule has 0 saturated carbocycles. The molecule has 1 aromatic heterocycles. The van der Waals surface area contributed by atoms with Gasteiger partial charge in [-0.15, -0.1) is 0 Å². The van der Waals surface area contributed by atoms with Crippen molar-refractivity contribution in [3.8, 4) is 0 Å². The highest BCUT2D eigenvalue weighted by atomic mass is 32.2. The van der Waals surface area contributed by atoms with Crippen LogP contribution in [0.25, 0.3) is 0 Å². The van der Waals surface area contributed by atoms with E-state index in [4.69, 9.17) is 5.11 Å². The van der Waals surface area contributed by atoms with E-state index in [2.05, 4.69) is 4.98 Å². The van der Waals surface area contributed by atoms with Gasteiger partial charge in [0.05, 0.1) is 16.2 Å². The summed E-state index contributed by atoms with van der Waals surface area (Å²) >= 11 is 1.19. The lowest BCUT2D eigenvalue weighted by molar-refractivity contribution is 0.0696. The maximum Gasteiger partial charge on any atom is 0.337 e. The first kappa shape index (κ1) is 15.5. The molecule has 0 radical (unpaired) electrons. The summed E-state index contributed by atoms with van der Waals surface area (Å²) in [6, 6.07) is 9.70. The van der Waals surface area contributed by atoms with E-state index in [-0.39, 0.29) is 16.2 Å². The van der Waals surface area contributed by atoms with E-state index in [1.165, 1.54) is 24.0 Å². The Labute approximate surface area is 127 Å². The molecule has 0 aliphatic rings. The van der Waals surface area contributed by atoms with Crippen LogP contribution in [-0.4, -0.2) is 30.2 Å². The minimum absolute atomic E-state index is 0.0238. The van der Waals surface area contributed by atoms with E-state index >= 15 is 0 Å². The first-order valence-corrected chi connectivity index (χ1v) is 8.60. The Morgan fingerprint density at radius 3 is 2.52 bits per heavy atom. The van der Waals surface area contributed by atoms with Crippen molar-refractivity contribution in [2.45, 2.75) is 21.7 Å². The summed E-state index contributed by atoms with van der Waals surface area (Å²) in [5, 5.41) is 9.36. The van der Waals surface area contributed by atoms with E-state index in [0.717, 1.165) is 0 Å². The summed E-state index contributed by atoms with van der Waals surface area (Å²) in [6.45, 7) is 1.59. The van der Waals surface area contributed by atoms with Gasteiger partial charge in [0.25, 0.3) is 0 Å². The smallest absolute Gasteiger partial charge is 0.337 e. The van der Waals surface area contributed by atoms with Crippen LogP contribution in [-0.2, 0) is 9.84 Å². The molecule has 0 fully saturated rings. The predicted molar refractivity (Wildman–Crippen MR) is 79.5 cm³/mol.